The zero-order chi connectivity index (χ0) is 17.7. The van der Waals surface area contributed by atoms with E-state index < -0.39 is 12.0 Å². The first-order chi connectivity index (χ1) is 11.4. The summed E-state index contributed by atoms with van der Waals surface area (Å²) < 4.78 is 5.33. The molecule has 0 saturated heterocycles. The molecule has 6 N–H and O–H groups in total. The Labute approximate surface area is 151 Å². The molecule has 0 aliphatic rings. The minimum absolute atomic E-state index is 0. The number of nitrogen functional groups attached to an aromatic ring is 1. The molecule has 134 valence electrons. The van der Waals surface area contributed by atoms with Gasteiger partial charge in [-0.3, -0.25) is 5.41 Å². The van der Waals surface area contributed by atoms with Gasteiger partial charge in [-0.25, -0.2) is 4.79 Å². The van der Waals surface area contributed by atoms with Crippen LogP contribution in [0.1, 0.15) is 24.1 Å². The Kier molecular flexibility index (Phi) is 7.07. The molecule has 0 amide bonds. The smallest absolute Gasteiger partial charge is 0.330 e. The molecule has 2 aromatic rings. The molecule has 0 saturated carbocycles. The van der Waals surface area contributed by atoms with Crippen molar-refractivity contribution in [2.45, 2.75) is 13.0 Å². The van der Waals surface area contributed by atoms with Crippen LogP contribution in [0.25, 0.3) is 0 Å². The lowest BCUT2D eigenvalue weighted by atomic mass is 10.1. The SMILES string of the molecule is CCOc1cc(O)cc(C(Nc2ccc(C(=N)N)cc2)C(=O)O)c1.Cl. The zero-order valence-corrected chi connectivity index (χ0v) is 14.3. The molecule has 0 heterocycles. The maximum absolute atomic E-state index is 11.6. The Morgan fingerprint density at radius 3 is 2.44 bits per heavy atom. The number of nitrogens with two attached hydrogens (primary N) is 1. The first kappa shape index (κ1) is 20.1. The van der Waals surface area contributed by atoms with Gasteiger partial charge in [0.1, 0.15) is 17.3 Å². The Hall–Kier alpha value is -2.93. The predicted octanol–water partition coefficient (Wildman–Crippen LogP) is 2.73. The summed E-state index contributed by atoms with van der Waals surface area (Å²) in [4.78, 5) is 11.6. The van der Waals surface area contributed by atoms with Crippen molar-refractivity contribution < 1.29 is 19.7 Å². The fourth-order valence-electron chi connectivity index (χ4n) is 2.22. The number of hydrogen-bond acceptors (Lipinski definition) is 5. The number of aliphatic carboxylic acids is 1. The van der Waals surface area contributed by atoms with E-state index in [-0.39, 0.29) is 24.0 Å². The maximum atomic E-state index is 11.6. The van der Waals surface area contributed by atoms with Crippen LogP contribution in [0, 0.1) is 5.41 Å². The van der Waals surface area contributed by atoms with E-state index in [0.29, 0.717) is 29.2 Å². The third-order valence-corrected chi connectivity index (χ3v) is 3.31. The van der Waals surface area contributed by atoms with Crippen LogP contribution in [0.5, 0.6) is 11.5 Å². The van der Waals surface area contributed by atoms with Crippen molar-refractivity contribution in [2.75, 3.05) is 11.9 Å². The van der Waals surface area contributed by atoms with Gasteiger partial charge >= 0.3 is 5.97 Å². The zero-order valence-electron chi connectivity index (χ0n) is 13.5. The summed E-state index contributed by atoms with van der Waals surface area (Å²) in [5.74, 6) is -0.840. The predicted molar refractivity (Wildman–Crippen MR) is 98.0 cm³/mol. The van der Waals surface area contributed by atoms with E-state index in [1.54, 1.807) is 37.3 Å². The lowest BCUT2D eigenvalue weighted by molar-refractivity contribution is -0.138. The molecule has 8 heteroatoms. The Bertz CT molecular complexity index is 750. The minimum atomic E-state index is -1.10. The van der Waals surface area contributed by atoms with E-state index in [0.717, 1.165) is 0 Å². The number of aromatic hydroxyl groups is 1. The number of rotatable bonds is 7. The van der Waals surface area contributed by atoms with Crippen LogP contribution >= 0.6 is 12.4 Å². The second kappa shape index (κ2) is 8.79. The molecule has 0 aromatic heterocycles. The molecule has 2 aromatic carbocycles. The molecule has 1 atom stereocenters. The van der Waals surface area contributed by atoms with Crippen LogP contribution in [0.3, 0.4) is 0 Å². The first-order valence-corrected chi connectivity index (χ1v) is 7.31. The standard InChI is InChI=1S/C17H19N3O4.ClH/c1-2-24-14-8-11(7-13(21)9-14)15(17(22)23)20-12-5-3-10(4-6-12)16(18)19;/h3-9,15,20-21H,2H2,1H3,(H3,18,19)(H,22,23);1H. The van der Waals surface area contributed by atoms with Crippen molar-refractivity contribution in [3.63, 3.8) is 0 Å². The molecule has 7 nitrogen and oxygen atoms in total. The van der Waals surface area contributed by atoms with Gasteiger partial charge in [0, 0.05) is 17.3 Å². The fourth-order valence-corrected chi connectivity index (χ4v) is 2.22. The van der Waals surface area contributed by atoms with E-state index in [4.69, 9.17) is 15.9 Å². The van der Waals surface area contributed by atoms with Gasteiger partial charge in [0.25, 0.3) is 0 Å². The molecule has 1 unspecified atom stereocenters. The average Bonchev–Trinajstić information content (AvgIpc) is 2.52. The van der Waals surface area contributed by atoms with E-state index in [2.05, 4.69) is 5.32 Å². The highest BCUT2D eigenvalue weighted by Gasteiger charge is 2.21. The number of phenols is 1. The minimum Gasteiger partial charge on any atom is -0.508 e. The van der Waals surface area contributed by atoms with Crippen molar-refractivity contribution in [3.8, 4) is 11.5 Å². The lowest BCUT2D eigenvalue weighted by Crippen LogP contribution is -2.20. The van der Waals surface area contributed by atoms with Crippen molar-refractivity contribution >= 4 is 29.9 Å². The van der Waals surface area contributed by atoms with Gasteiger partial charge in [0.05, 0.1) is 6.61 Å². The van der Waals surface area contributed by atoms with Crippen LogP contribution < -0.4 is 15.8 Å². The van der Waals surface area contributed by atoms with Gasteiger partial charge in [-0.2, -0.15) is 0 Å². The summed E-state index contributed by atoms with van der Waals surface area (Å²) in [6.07, 6.45) is 0. The van der Waals surface area contributed by atoms with Gasteiger partial charge in [-0.1, -0.05) is 0 Å². The first-order valence-electron chi connectivity index (χ1n) is 7.31. The maximum Gasteiger partial charge on any atom is 0.330 e. The van der Waals surface area contributed by atoms with E-state index in [1.165, 1.54) is 12.1 Å². The highest BCUT2D eigenvalue weighted by molar-refractivity contribution is 5.95. The van der Waals surface area contributed by atoms with Crippen molar-refractivity contribution in [2.24, 2.45) is 5.73 Å². The molecule has 0 fully saturated rings. The highest BCUT2D eigenvalue weighted by atomic mass is 35.5. The van der Waals surface area contributed by atoms with Gasteiger partial charge in [0.2, 0.25) is 0 Å². The molecule has 0 spiro atoms. The molecule has 25 heavy (non-hydrogen) atoms. The number of benzene rings is 2. The number of carbonyl (C=O) groups is 1. The normalized spacial score (nSPS) is 11.1. The number of carboxylic acid groups (broad SMARTS) is 1. The van der Waals surface area contributed by atoms with Crippen molar-refractivity contribution in [1.82, 2.24) is 0 Å². The molecule has 0 bridgehead atoms. The number of ether oxygens (including phenoxy) is 1. The highest BCUT2D eigenvalue weighted by Crippen LogP contribution is 2.28. The monoisotopic (exact) mass is 365 g/mol. The summed E-state index contributed by atoms with van der Waals surface area (Å²) in [5, 5.41) is 29.5. The topological polar surface area (TPSA) is 129 Å². The number of nitrogens with one attached hydrogen (secondary N) is 2. The molecule has 2 rings (SSSR count). The largest absolute Gasteiger partial charge is 0.508 e. The Morgan fingerprint density at radius 1 is 1.28 bits per heavy atom. The number of amidine groups is 1. The third-order valence-electron chi connectivity index (χ3n) is 3.31. The number of carboxylic acids is 1. The van der Waals surface area contributed by atoms with Crippen molar-refractivity contribution in [1.29, 1.82) is 5.41 Å². The van der Waals surface area contributed by atoms with E-state index in [9.17, 15) is 15.0 Å². The van der Waals surface area contributed by atoms with Gasteiger partial charge in [-0.05, 0) is 48.9 Å². The van der Waals surface area contributed by atoms with Gasteiger partial charge < -0.3 is 26.0 Å². The summed E-state index contributed by atoms with van der Waals surface area (Å²) >= 11 is 0. The van der Waals surface area contributed by atoms with Crippen LogP contribution in [0.15, 0.2) is 42.5 Å². The van der Waals surface area contributed by atoms with Gasteiger partial charge in [-0.15, -0.1) is 12.4 Å². The average molecular weight is 366 g/mol. The fraction of sp³-hybridized carbons (Fsp3) is 0.176. The number of halogens is 1. The number of anilines is 1. The molecule has 0 aliphatic heterocycles. The van der Waals surface area contributed by atoms with Crippen molar-refractivity contribution in [3.05, 3.63) is 53.6 Å². The van der Waals surface area contributed by atoms with E-state index in [1.807, 2.05) is 0 Å². The lowest BCUT2D eigenvalue weighted by Gasteiger charge is -2.18. The Balaban J connectivity index is 0.00000312. The van der Waals surface area contributed by atoms with Crippen LogP contribution in [0.4, 0.5) is 5.69 Å². The summed E-state index contributed by atoms with van der Waals surface area (Å²) in [7, 11) is 0. The van der Waals surface area contributed by atoms with Gasteiger partial charge in [0.15, 0.2) is 6.04 Å². The number of phenolic OH excluding ortho intramolecular Hbond substituents is 1. The molecule has 0 radical (unpaired) electrons. The molecular weight excluding hydrogens is 346 g/mol. The second-order valence-electron chi connectivity index (χ2n) is 5.10. The quantitative estimate of drug-likeness (QED) is 0.379. The van der Waals surface area contributed by atoms with Crippen LogP contribution in [-0.2, 0) is 4.79 Å². The van der Waals surface area contributed by atoms with Crippen LogP contribution in [-0.4, -0.2) is 28.6 Å². The molecule has 0 aliphatic carbocycles. The van der Waals surface area contributed by atoms with E-state index >= 15 is 0 Å². The third kappa shape index (κ3) is 5.29. The summed E-state index contributed by atoms with van der Waals surface area (Å²) in [6, 6.07) is 9.82. The molecular formula is C17H20ClN3O4. The Morgan fingerprint density at radius 2 is 1.92 bits per heavy atom. The number of hydrogen-bond donors (Lipinski definition) is 5. The summed E-state index contributed by atoms with van der Waals surface area (Å²) in [5.41, 5.74) is 6.85. The van der Waals surface area contributed by atoms with Crippen LogP contribution in [0.2, 0.25) is 0 Å². The second-order valence-corrected chi connectivity index (χ2v) is 5.10. The summed E-state index contributed by atoms with van der Waals surface area (Å²) in [6.45, 7) is 2.20.